The van der Waals surface area contributed by atoms with Gasteiger partial charge in [-0.2, -0.15) is 0 Å². The summed E-state index contributed by atoms with van der Waals surface area (Å²) in [5, 5.41) is 15.7. The standard InChI is InChI=1S/C21H18ClN3O5S3/c1-25(26)21(31)32-11-3-4-18-24-19(14-7-10-17(29-2)16(22)12-14)20(30-18)13-5-8-15(9-6-13)33(23,27)28/h5-10,12,26H,11H2,1-2H3,(H2,23,27,28). The molecule has 0 aliphatic heterocycles. The topological polar surface area (TPSA) is 119 Å². The van der Waals surface area contributed by atoms with Gasteiger partial charge in [0.1, 0.15) is 11.4 Å². The van der Waals surface area contributed by atoms with Crippen LogP contribution in [0.4, 0.5) is 0 Å². The first-order valence-corrected chi connectivity index (χ1v) is 12.5. The molecule has 1 aromatic heterocycles. The van der Waals surface area contributed by atoms with E-state index in [0.29, 0.717) is 39.1 Å². The van der Waals surface area contributed by atoms with Gasteiger partial charge in [0.15, 0.2) is 10.1 Å². The SMILES string of the molecule is COc1ccc(-c2nc(C#CCSC(=S)N(C)O)oc2-c2ccc(S(N)(=O)=O)cc2)cc1Cl. The minimum atomic E-state index is -3.83. The summed E-state index contributed by atoms with van der Waals surface area (Å²) in [6.07, 6.45) is 0. The lowest BCUT2D eigenvalue weighted by Gasteiger charge is -2.07. The zero-order valence-corrected chi connectivity index (χ0v) is 20.6. The highest BCUT2D eigenvalue weighted by Gasteiger charge is 2.18. The summed E-state index contributed by atoms with van der Waals surface area (Å²) in [5.74, 6) is 7.05. The van der Waals surface area contributed by atoms with E-state index in [1.54, 1.807) is 30.3 Å². The minimum absolute atomic E-state index is 0.0262. The van der Waals surface area contributed by atoms with E-state index < -0.39 is 10.0 Å². The van der Waals surface area contributed by atoms with Crippen LogP contribution in [0, 0.1) is 11.8 Å². The van der Waals surface area contributed by atoms with E-state index in [4.69, 9.17) is 38.1 Å². The zero-order chi connectivity index (χ0) is 24.2. The minimum Gasteiger partial charge on any atom is -0.495 e. The number of primary sulfonamides is 1. The number of methoxy groups -OCH3 is 1. The molecular weight excluding hydrogens is 506 g/mol. The summed E-state index contributed by atoms with van der Waals surface area (Å²) in [7, 11) is -0.892. The van der Waals surface area contributed by atoms with Gasteiger partial charge < -0.3 is 9.15 Å². The molecule has 0 amide bonds. The molecular formula is C21H18ClN3O5S3. The quantitative estimate of drug-likeness (QED) is 0.290. The van der Waals surface area contributed by atoms with Crippen LogP contribution in [0.15, 0.2) is 51.8 Å². The first-order valence-electron chi connectivity index (χ1n) is 9.16. The molecule has 0 spiro atoms. The van der Waals surface area contributed by atoms with Crippen LogP contribution >= 0.6 is 35.6 Å². The van der Waals surface area contributed by atoms with E-state index in [1.165, 1.54) is 38.1 Å². The number of ether oxygens (including phenoxy) is 1. The summed E-state index contributed by atoms with van der Waals surface area (Å²) < 4.78 is 34.5. The number of hydrogen-bond donors (Lipinski definition) is 2. The van der Waals surface area contributed by atoms with Crippen molar-refractivity contribution in [3.05, 3.63) is 53.4 Å². The Bertz CT molecular complexity index is 1340. The first kappa shape index (κ1) is 25.0. The molecule has 0 bridgehead atoms. The van der Waals surface area contributed by atoms with E-state index in [1.807, 2.05) is 0 Å². The van der Waals surface area contributed by atoms with E-state index in [9.17, 15) is 13.6 Å². The number of sulfonamides is 1. The van der Waals surface area contributed by atoms with Crippen LogP contribution in [0.5, 0.6) is 5.75 Å². The van der Waals surface area contributed by atoms with Gasteiger partial charge in [-0.1, -0.05) is 41.5 Å². The van der Waals surface area contributed by atoms with Gasteiger partial charge in [-0.15, -0.1) is 0 Å². The largest absolute Gasteiger partial charge is 0.495 e. The fraction of sp³-hybridized carbons (Fsp3) is 0.143. The van der Waals surface area contributed by atoms with E-state index >= 15 is 0 Å². The average Bonchev–Trinajstić information content (AvgIpc) is 3.20. The molecule has 33 heavy (non-hydrogen) atoms. The number of nitrogens with two attached hydrogens (primary N) is 1. The summed E-state index contributed by atoms with van der Waals surface area (Å²) >= 11 is 12.5. The summed E-state index contributed by atoms with van der Waals surface area (Å²) in [4.78, 5) is 4.47. The monoisotopic (exact) mass is 523 g/mol. The van der Waals surface area contributed by atoms with Crippen LogP contribution < -0.4 is 9.88 Å². The molecule has 172 valence electrons. The van der Waals surface area contributed by atoms with Crippen molar-refractivity contribution in [2.75, 3.05) is 19.9 Å². The second-order valence-electron chi connectivity index (χ2n) is 6.50. The molecule has 0 radical (unpaired) electrons. The molecule has 0 saturated carbocycles. The van der Waals surface area contributed by atoms with Crippen LogP contribution in [0.2, 0.25) is 5.02 Å². The second kappa shape index (κ2) is 10.6. The number of thioether (sulfide) groups is 1. The van der Waals surface area contributed by atoms with Crippen molar-refractivity contribution < 1.29 is 22.8 Å². The normalized spacial score (nSPS) is 10.9. The Kier molecular flexibility index (Phi) is 8.01. The van der Waals surface area contributed by atoms with Crippen LogP contribution in [0.25, 0.3) is 22.6 Å². The number of aromatic nitrogens is 1. The summed E-state index contributed by atoms with van der Waals surface area (Å²) in [6.45, 7) is 0. The van der Waals surface area contributed by atoms with Gasteiger partial charge in [0, 0.05) is 18.2 Å². The van der Waals surface area contributed by atoms with Crippen molar-refractivity contribution in [1.29, 1.82) is 0 Å². The molecule has 0 aliphatic carbocycles. The van der Waals surface area contributed by atoms with Crippen molar-refractivity contribution in [2.24, 2.45) is 5.14 Å². The van der Waals surface area contributed by atoms with Crippen LogP contribution in [0.1, 0.15) is 5.89 Å². The predicted molar refractivity (Wildman–Crippen MR) is 132 cm³/mol. The van der Waals surface area contributed by atoms with Crippen molar-refractivity contribution in [1.82, 2.24) is 10.0 Å². The highest BCUT2D eigenvalue weighted by atomic mass is 35.5. The number of thiocarbonyl (C=S) groups is 1. The van der Waals surface area contributed by atoms with Gasteiger partial charge in [0.25, 0.3) is 5.89 Å². The molecule has 3 aromatic rings. The lowest BCUT2D eigenvalue weighted by atomic mass is 10.1. The number of rotatable bonds is 5. The van der Waals surface area contributed by atoms with Crippen molar-refractivity contribution in [3.63, 3.8) is 0 Å². The molecule has 0 saturated heterocycles. The number of hydroxylamine groups is 2. The van der Waals surface area contributed by atoms with Gasteiger partial charge in [-0.25, -0.2) is 23.6 Å². The van der Waals surface area contributed by atoms with Crippen molar-refractivity contribution >= 4 is 49.9 Å². The maximum Gasteiger partial charge on any atom is 0.274 e. The summed E-state index contributed by atoms with van der Waals surface area (Å²) in [5.41, 5.74) is 1.69. The van der Waals surface area contributed by atoms with E-state index in [0.717, 1.165) is 5.06 Å². The van der Waals surface area contributed by atoms with E-state index in [2.05, 4.69) is 16.8 Å². The van der Waals surface area contributed by atoms with Gasteiger partial charge in [0.2, 0.25) is 10.0 Å². The average molecular weight is 524 g/mol. The maximum atomic E-state index is 11.6. The number of nitrogens with zero attached hydrogens (tertiary/aromatic N) is 2. The van der Waals surface area contributed by atoms with Gasteiger partial charge in [0.05, 0.1) is 22.8 Å². The fourth-order valence-corrected chi connectivity index (χ4v) is 4.08. The van der Waals surface area contributed by atoms with Crippen LogP contribution in [-0.4, -0.2) is 47.9 Å². The Hall–Kier alpha value is -2.59. The molecule has 12 heteroatoms. The highest BCUT2D eigenvalue weighted by molar-refractivity contribution is 8.23. The number of hydrogen-bond acceptors (Lipinski definition) is 8. The lowest BCUT2D eigenvalue weighted by molar-refractivity contribution is 0.0205. The predicted octanol–water partition coefficient (Wildman–Crippen LogP) is 4.01. The van der Waals surface area contributed by atoms with E-state index in [-0.39, 0.29) is 15.1 Å². The molecule has 8 nitrogen and oxygen atoms in total. The Morgan fingerprint density at radius 2 is 1.97 bits per heavy atom. The third kappa shape index (κ3) is 6.26. The smallest absolute Gasteiger partial charge is 0.274 e. The van der Waals surface area contributed by atoms with Gasteiger partial charge in [-0.3, -0.25) is 5.21 Å². The Morgan fingerprint density at radius 3 is 2.55 bits per heavy atom. The number of benzene rings is 2. The Balaban J connectivity index is 2.02. The zero-order valence-electron chi connectivity index (χ0n) is 17.4. The molecule has 3 rings (SSSR count). The second-order valence-corrected chi connectivity index (χ2v) is 10.1. The molecule has 3 N–H and O–H groups in total. The molecule has 0 unspecified atom stereocenters. The Labute approximate surface area is 205 Å². The molecule has 0 atom stereocenters. The highest BCUT2D eigenvalue weighted by Crippen LogP contribution is 2.36. The number of oxazole rings is 1. The fourth-order valence-electron chi connectivity index (χ4n) is 2.68. The molecule has 2 aromatic carbocycles. The molecule has 1 heterocycles. The maximum absolute atomic E-state index is 11.6. The van der Waals surface area contributed by atoms with Gasteiger partial charge >= 0.3 is 0 Å². The summed E-state index contributed by atoms with van der Waals surface area (Å²) in [6, 6.07) is 11.1. The van der Waals surface area contributed by atoms with Crippen molar-refractivity contribution in [3.8, 4) is 40.2 Å². The lowest BCUT2D eigenvalue weighted by Crippen LogP contribution is -2.17. The molecule has 0 fully saturated rings. The van der Waals surface area contributed by atoms with Gasteiger partial charge in [-0.05, 0) is 48.4 Å². The first-order chi connectivity index (χ1) is 15.6. The van der Waals surface area contributed by atoms with Crippen LogP contribution in [0.3, 0.4) is 0 Å². The molecule has 0 aliphatic rings. The number of halogens is 1. The Morgan fingerprint density at radius 1 is 1.30 bits per heavy atom. The third-order valence-corrected chi connectivity index (χ3v) is 6.87. The van der Waals surface area contributed by atoms with Crippen molar-refractivity contribution in [2.45, 2.75) is 4.90 Å². The van der Waals surface area contributed by atoms with Crippen LogP contribution in [-0.2, 0) is 10.0 Å². The third-order valence-electron chi connectivity index (χ3n) is 4.22.